The summed E-state index contributed by atoms with van der Waals surface area (Å²) in [5, 5.41) is 12.4. The van der Waals surface area contributed by atoms with E-state index in [4.69, 9.17) is 21.1 Å². The first-order chi connectivity index (χ1) is 17.4. The molecule has 1 aromatic heterocycles. The number of methoxy groups -OCH3 is 2. The molecule has 1 unspecified atom stereocenters. The molecule has 2 aromatic rings. The van der Waals surface area contributed by atoms with E-state index in [1.54, 1.807) is 20.4 Å². The zero-order valence-electron chi connectivity index (χ0n) is 21.3. The third-order valence-corrected chi connectivity index (χ3v) is 7.05. The van der Waals surface area contributed by atoms with E-state index in [1.165, 1.54) is 0 Å². The van der Waals surface area contributed by atoms with Crippen LogP contribution in [0.1, 0.15) is 44.2 Å². The summed E-state index contributed by atoms with van der Waals surface area (Å²) in [6.45, 7) is 12.4. The Morgan fingerprint density at radius 3 is 2.53 bits per heavy atom. The summed E-state index contributed by atoms with van der Waals surface area (Å²) >= 11 is 6.02. The van der Waals surface area contributed by atoms with Crippen LogP contribution in [0.2, 0.25) is 5.02 Å². The number of ether oxygens (including phenoxy) is 2. The van der Waals surface area contributed by atoms with E-state index >= 15 is 0 Å². The van der Waals surface area contributed by atoms with Crippen LogP contribution in [-0.2, 0) is 0 Å². The fourth-order valence-electron chi connectivity index (χ4n) is 4.92. The van der Waals surface area contributed by atoms with Crippen LogP contribution >= 0.6 is 11.6 Å². The van der Waals surface area contributed by atoms with E-state index in [1.807, 2.05) is 41.3 Å². The predicted molar refractivity (Wildman–Crippen MR) is 146 cm³/mol. The molecule has 1 atom stereocenters. The molecule has 6 nitrogen and oxygen atoms in total. The number of pyridine rings is 1. The van der Waals surface area contributed by atoms with Gasteiger partial charge in [-0.05, 0) is 55.2 Å². The number of allylic oxidation sites excluding steroid dienone is 3. The van der Waals surface area contributed by atoms with Crippen LogP contribution in [-0.4, -0.2) is 42.3 Å². The van der Waals surface area contributed by atoms with E-state index in [9.17, 15) is 5.11 Å². The molecular weight excluding hydrogens is 474 g/mol. The fraction of sp³-hybridized carbons (Fsp3) is 0.345. The van der Waals surface area contributed by atoms with Gasteiger partial charge in [0.15, 0.2) is 0 Å². The highest BCUT2D eigenvalue weighted by Crippen LogP contribution is 2.46. The molecule has 2 aliphatic rings. The monoisotopic (exact) mass is 507 g/mol. The number of unbranched alkanes of at least 4 members (excludes halogenated alkanes) is 1. The smallest absolute Gasteiger partial charge is 0.206 e. The maximum absolute atomic E-state index is 11.8. The van der Waals surface area contributed by atoms with Crippen molar-refractivity contribution < 1.29 is 14.6 Å². The average Bonchev–Trinajstić information content (AvgIpc) is 3.38. The summed E-state index contributed by atoms with van der Waals surface area (Å²) < 4.78 is 11.4. The summed E-state index contributed by atoms with van der Waals surface area (Å²) in [6.07, 6.45) is 7.44. The Bertz CT molecular complexity index is 1180. The van der Waals surface area contributed by atoms with Crippen LogP contribution in [0.3, 0.4) is 0 Å². The molecule has 1 saturated heterocycles. The van der Waals surface area contributed by atoms with Gasteiger partial charge in [-0.25, -0.2) is 0 Å². The number of halogens is 1. The first-order valence-electron chi connectivity index (χ1n) is 12.3. The molecule has 7 heteroatoms. The maximum atomic E-state index is 11.8. The highest BCUT2D eigenvalue weighted by atomic mass is 35.5. The molecule has 0 saturated carbocycles. The quantitative estimate of drug-likeness (QED) is 0.395. The number of benzene rings is 1. The van der Waals surface area contributed by atoms with Crippen molar-refractivity contribution in [3.05, 3.63) is 94.9 Å². The number of rotatable bonds is 9. The normalized spacial score (nSPS) is 17.9. The second-order valence-electron chi connectivity index (χ2n) is 9.09. The highest BCUT2D eigenvalue weighted by molar-refractivity contribution is 6.30. The van der Waals surface area contributed by atoms with E-state index < -0.39 is 0 Å². The summed E-state index contributed by atoms with van der Waals surface area (Å²) in [4.78, 5) is 8.54. The van der Waals surface area contributed by atoms with Crippen LogP contribution < -0.4 is 14.4 Å². The first-order valence-corrected chi connectivity index (χ1v) is 12.7. The zero-order chi connectivity index (χ0) is 25.8. The van der Waals surface area contributed by atoms with Crippen molar-refractivity contribution in [1.29, 1.82) is 0 Å². The topological polar surface area (TPSA) is 58.1 Å². The minimum atomic E-state index is 0.0782. The highest BCUT2D eigenvalue weighted by Gasteiger charge is 2.34. The van der Waals surface area contributed by atoms with Gasteiger partial charge in [-0.1, -0.05) is 44.2 Å². The Morgan fingerprint density at radius 2 is 1.92 bits per heavy atom. The lowest BCUT2D eigenvalue weighted by molar-refractivity contribution is 0.364. The van der Waals surface area contributed by atoms with Crippen molar-refractivity contribution in [2.45, 2.75) is 38.5 Å². The van der Waals surface area contributed by atoms with Gasteiger partial charge >= 0.3 is 0 Å². The van der Waals surface area contributed by atoms with Crippen LogP contribution in [0.25, 0.3) is 0 Å². The van der Waals surface area contributed by atoms with Crippen LogP contribution in [0.4, 0.5) is 5.69 Å². The molecule has 0 radical (unpaired) electrons. The third-order valence-electron chi connectivity index (χ3n) is 6.82. The number of aromatic nitrogens is 1. The number of anilines is 1. The molecule has 4 rings (SSSR count). The molecule has 0 spiro atoms. The standard InChI is InChI=1S/C29H34ClN3O3/c1-6-7-9-23-16-19(2)27(29(34)33(23)28-25(35-4)10-8-11-26(28)36-5)20(3)32-15-14-21(18-32)24-13-12-22(30)17-31-24/h8,10-13,16-17,21,34H,2-3,6-7,9,14-15,18H2,1,4-5H3. The number of likely N-dealkylation sites (tertiary alicyclic amines) is 1. The predicted octanol–water partition coefficient (Wildman–Crippen LogP) is 6.98. The largest absolute Gasteiger partial charge is 0.494 e. The molecule has 0 bridgehead atoms. The second kappa shape index (κ2) is 11.1. The second-order valence-corrected chi connectivity index (χ2v) is 9.53. The molecule has 36 heavy (non-hydrogen) atoms. The number of hydrogen-bond acceptors (Lipinski definition) is 6. The van der Waals surface area contributed by atoms with E-state index in [0.717, 1.165) is 61.4 Å². The molecule has 1 fully saturated rings. The van der Waals surface area contributed by atoms with Gasteiger partial charge in [0.05, 0.1) is 24.8 Å². The Morgan fingerprint density at radius 1 is 1.19 bits per heavy atom. The van der Waals surface area contributed by atoms with Crippen LogP contribution in [0.15, 0.2) is 84.2 Å². The number of aliphatic hydroxyl groups is 1. The van der Waals surface area contributed by atoms with Crippen molar-refractivity contribution in [2.24, 2.45) is 0 Å². The number of para-hydroxylation sites is 1. The van der Waals surface area contributed by atoms with E-state index in [0.29, 0.717) is 27.8 Å². The van der Waals surface area contributed by atoms with E-state index in [-0.39, 0.29) is 11.8 Å². The van der Waals surface area contributed by atoms with Crippen molar-refractivity contribution >= 4 is 17.3 Å². The van der Waals surface area contributed by atoms with Crippen molar-refractivity contribution in [3.8, 4) is 11.5 Å². The van der Waals surface area contributed by atoms with Crippen LogP contribution in [0, 0.1) is 0 Å². The molecule has 1 N–H and O–H groups in total. The molecule has 2 aliphatic heterocycles. The molecule has 1 aromatic carbocycles. The Kier molecular flexibility index (Phi) is 7.94. The number of hydrogen-bond donors (Lipinski definition) is 1. The van der Waals surface area contributed by atoms with Crippen molar-refractivity contribution in [3.63, 3.8) is 0 Å². The summed E-state index contributed by atoms with van der Waals surface area (Å²) in [5.74, 6) is 1.56. The average molecular weight is 508 g/mol. The van der Waals surface area contributed by atoms with Gasteiger partial charge < -0.3 is 19.5 Å². The Balaban J connectivity index is 1.71. The van der Waals surface area contributed by atoms with Gasteiger partial charge in [-0.15, -0.1) is 0 Å². The third kappa shape index (κ3) is 4.96. The fourth-order valence-corrected chi connectivity index (χ4v) is 5.03. The lowest BCUT2D eigenvalue weighted by atomic mass is 9.96. The Labute approximate surface area is 218 Å². The van der Waals surface area contributed by atoms with Crippen molar-refractivity contribution in [1.82, 2.24) is 9.88 Å². The van der Waals surface area contributed by atoms with E-state index in [2.05, 4.69) is 30.0 Å². The molecule has 0 amide bonds. The van der Waals surface area contributed by atoms with Crippen LogP contribution in [0.5, 0.6) is 11.5 Å². The van der Waals surface area contributed by atoms with Gasteiger partial charge in [0.25, 0.3) is 0 Å². The molecular formula is C29H34ClN3O3. The SMILES string of the molecule is C=C1C=C(CCCC)N(c2c(OC)cccc2OC)C(O)=C1C(=C)N1CCC(c2ccc(Cl)cn2)C1. The van der Waals surface area contributed by atoms with Crippen molar-refractivity contribution in [2.75, 3.05) is 32.2 Å². The minimum absolute atomic E-state index is 0.0782. The summed E-state index contributed by atoms with van der Waals surface area (Å²) in [6, 6.07) is 9.46. The molecule has 190 valence electrons. The van der Waals surface area contributed by atoms with Gasteiger partial charge in [0, 0.05) is 42.3 Å². The lowest BCUT2D eigenvalue weighted by Crippen LogP contribution is -2.31. The lowest BCUT2D eigenvalue weighted by Gasteiger charge is -2.36. The number of nitrogens with zero attached hydrogens (tertiary/aromatic N) is 3. The minimum Gasteiger partial charge on any atom is -0.494 e. The molecule has 0 aliphatic carbocycles. The van der Waals surface area contributed by atoms with Gasteiger partial charge in [0.2, 0.25) is 5.88 Å². The molecule has 3 heterocycles. The van der Waals surface area contributed by atoms with Gasteiger partial charge in [-0.2, -0.15) is 0 Å². The Hall–Kier alpha value is -3.38. The maximum Gasteiger partial charge on any atom is 0.206 e. The zero-order valence-corrected chi connectivity index (χ0v) is 22.0. The first kappa shape index (κ1) is 25.7. The number of aliphatic hydroxyl groups excluding tert-OH is 1. The summed E-state index contributed by atoms with van der Waals surface area (Å²) in [5.41, 5.74) is 4.69. The summed E-state index contributed by atoms with van der Waals surface area (Å²) in [7, 11) is 3.23. The van der Waals surface area contributed by atoms with Gasteiger partial charge in [0.1, 0.15) is 17.2 Å². The van der Waals surface area contributed by atoms with Gasteiger partial charge in [-0.3, -0.25) is 9.88 Å².